The van der Waals surface area contributed by atoms with Gasteiger partial charge in [0.1, 0.15) is 5.82 Å². The number of fused-ring (bicyclic) bond motifs is 1. The summed E-state index contributed by atoms with van der Waals surface area (Å²) in [5.74, 6) is -0.503. The van der Waals surface area contributed by atoms with E-state index in [-0.39, 0.29) is 31.3 Å². The van der Waals surface area contributed by atoms with Gasteiger partial charge < -0.3 is 5.11 Å². The second-order valence-corrected chi connectivity index (χ2v) is 9.15. The molecule has 1 heterocycles. The van der Waals surface area contributed by atoms with Crippen molar-refractivity contribution in [2.24, 2.45) is 0 Å². The largest absolute Gasteiger partial charge is 0.390 e. The van der Waals surface area contributed by atoms with Gasteiger partial charge in [0.2, 0.25) is 12.3 Å². The van der Waals surface area contributed by atoms with Crippen LogP contribution in [-0.2, 0) is 21.0 Å². The number of anilines is 1. The van der Waals surface area contributed by atoms with E-state index in [2.05, 4.69) is 10.4 Å². The van der Waals surface area contributed by atoms with E-state index in [1.807, 2.05) is 18.2 Å². The number of hydrazine groups is 1. The number of carbonyl (C=O) groups is 2. The third-order valence-corrected chi connectivity index (χ3v) is 5.60. The molecule has 0 aliphatic heterocycles. The molecule has 0 unspecified atom stereocenters. The van der Waals surface area contributed by atoms with Crippen molar-refractivity contribution in [3.05, 3.63) is 71.1 Å². The lowest BCUT2D eigenvalue weighted by Gasteiger charge is -2.35. The molecule has 0 saturated carbocycles. The van der Waals surface area contributed by atoms with Gasteiger partial charge in [-0.15, -0.1) is 0 Å². The number of rotatable bonds is 11. The van der Waals surface area contributed by atoms with Gasteiger partial charge >= 0.3 is 0 Å². The average Bonchev–Trinajstić information content (AvgIpc) is 2.79. The molecular formula is C25H28ClFN4O4. The van der Waals surface area contributed by atoms with E-state index in [0.29, 0.717) is 22.2 Å². The molecule has 0 aliphatic rings. The molecule has 10 heteroatoms. The van der Waals surface area contributed by atoms with Crippen LogP contribution in [0.5, 0.6) is 0 Å². The predicted octanol–water partition coefficient (Wildman–Crippen LogP) is 4.00. The summed E-state index contributed by atoms with van der Waals surface area (Å²) in [6, 6.07) is 12.4. The molecule has 0 fully saturated rings. The summed E-state index contributed by atoms with van der Waals surface area (Å²) in [7, 11) is 0. The van der Waals surface area contributed by atoms with Crippen molar-refractivity contribution in [2.45, 2.75) is 45.4 Å². The molecule has 1 aromatic heterocycles. The maximum atomic E-state index is 13.5. The van der Waals surface area contributed by atoms with Crippen LogP contribution in [0.3, 0.4) is 0 Å². The first kappa shape index (κ1) is 26.5. The van der Waals surface area contributed by atoms with Crippen LogP contribution in [0.25, 0.3) is 10.8 Å². The number of hydroxylamine groups is 1. The Bertz CT molecular complexity index is 1190. The minimum Gasteiger partial charge on any atom is -0.390 e. The van der Waals surface area contributed by atoms with Gasteiger partial charge in [0.15, 0.2) is 5.82 Å². The quantitative estimate of drug-likeness (QED) is 0.304. The van der Waals surface area contributed by atoms with Crippen LogP contribution < -0.4 is 10.5 Å². The Balaban J connectivity index is 1.78. The summed E-state index contributed by atoms with van der Waals surface area (Å²) in [6.45, 7) is 4.77. The van der Waals surface area contributed by atoms with Gasteiger partial charge in [0, 0.05) is 30.1 Å². The van der Waals surface area contributed by atoms with Gasteiger partial charge in [-0.05, 0) is 55.5 Å². The van der Waals surface area contributed by atoms with Crippen LogP contribution in [0.1, 0.15) is 32.8 Å². The Labute approximate surface area is 208 Å². The molecule has 3 rings (SSSR count). The maximum absolute atomic E-state index is 13.5. The van der Waals surface area contributed by atoms with Gasteiger partial charge in [-0.1, -0.05) is 35.9 Å². The highest BCUT2D eigenvalue weighted by Gasteiger charge is 2.29. The van der Waals surface area contributed by atoms with Crippen LogP contribution in [0.4, 0.5) is 10.2 Å². The lowest BCUT2D eigenvalue weighted by Crippen LogP contribution is -2.53. The predicted molar refractivity (Wildman–Crippen MR) is 132 cm³/mol. The molecule has 8 nitrogen and oxygen atoms in total. The van der Waals surface area contributed by atoms with E-state index in [1.165, 1.54) is 30.3 Å². The van der Waals surface area contributed by atoms with Crippen molar-refractivity contribution in [1.29, 1.82) is 0 Å². The van der Waals surface area contributed by atoms with Crippen LogP contribution in [-0.4, -0.2) is 45.7 Å². The second-order valence-electron chi connectivity index (χ2n) is 8.75. The third-order valence-electron chi connectivity index (χ3n) is 5.23. The standard InChI is InChI=1S/C25H28ClFN4O4/c1-17(33)31(29-14-19-6-4-5-7-23(19)26)22(12-25(2,3)34)15-35-30(16-32)24-11-18-8-9-21(27)10-20(18)13-28-24/h4-11,13,16,22,29,34H,12,14-15H2,1-3H3/t22-/m0/s1. The normalized spacial score (nSPS) is 12.4. The summed E-state index contributed by atoms with van der Waals surface area (Å²) in [5.41, 5.74) is 2.71. The Morgan fingerprint density at radius 1 is 1.26 bits per heavy atom. The van der Waals surface area contributed by atoms with Crippen molar-refractivity contribution in [1.82, 2.24) is 15.4 Å². The number of nitrogens with one attached hydrogen (secondary N) is 1. The van der Waals surface area contributed by atoms with Gasteiger partial charge in [-0.2, -0.15) is 5.06 Å². The summed E-state index contributed by atoms with van der Waals surface area (Å²) < 4.78 is 13.5. The summed E-state index contributed by atoms with van der Waals surface area (Å²) in [5, 5.41) is 14.6. The SMILES string of the molecule is CC(=O)N(NCc1ccccc1Cl)[C@H](CON(C=O)c1cc2ccc(F)cc2cn1)CC(C)(C)O. The van der Waals surface area contributed by atoms with E-state index < -0.39 is 17.5 Å². The number of nitrogens with zero attached hydrogens (tertiary/aromatic N) is 3. The van der Waals surface area contributed by atoms with E-state index in [0.717, 1.165) is 10.6 Å². The number of aromatic nitrogens is 1. The monoisotopic (exact) mass is 502 g/mol. The molecule has 0 saturated heterocycles. The summed E-state index contributed by atoms with van der Waals surface area (Å²) >= 11 is 6.23. The molecule has 0 aliphatic carbocycles. The molecule has 3 aromatic rings. The fourth-order valence-electron chi connectivity index (χ4n) is 3.65. The first-order valence-electron chi connectivity index (χ1n) is 11.0. The number of aliphatic hydroxyl groups is 1. The molecule has 2 amide bonds. The minimum atomic E-state index is -1.13. The molecule has 0 radical (unpaired) electrons. The van der Waals surface area contributed by atoms with Crippen molar-refractivity contribution in [2.75, 3.05) is 11.7 Å². The molecule has 2 aromatic carbocycles. The molecule has 0 spiro atoms. The van der Waals surface area contributed by atoms with Crippen molar-refractivity contribution in [3.63, 3.8) is 0 Å². The van der Waals surface area contributed by atoms with Crippen molar-refractivity contribution in [3.8, 4) is 0 Å². The Morgan fingerprint density at radius 3 is 2.66 bits per heavy atom. The van der Waals surface area contributed by atoms with E-state index >= 15 is 0 Å². The number of halogens is 2. The molecule has 2 N–H and O–H groups in total. The highest BCUT2D eigenvalue weighted by atomic mass is 35.5. The van der Waals surface area contributed by atoms with Crippen molar-refractivity contribution < 1.29 is 23.9 Å². The molecular weight excluding hydrogens is 475 g/mol. The fraction of sp³-hybridized carbons (Fsp3) is 0.320. The molecule has 186 valence electrons. The Hall–Kier alpha value is -3.11. The highest BCUT2D eigenvalue weighted by molar-refractivity contribution is 6.31. The molecule has 0 bridgehead atoms. The van der Waals surface area contributed by atoms with Gasteiger partial charge in [0.05, 0.1) is 18.2 Å². The number of benzene rings is 2. The Morgan fingerprint density at radius 2 is 2.00 bits per heavy atom. The first-order valence-corrected chi connectivity index (χ1v) is 11.4. The van der Waals surface area contributed by atoms with Gasteiger partial charge in [0.25, 0.3) is 0 Å². The number of carbonyl (C=O) groups excluding carboxylic acids is 2. The van der Waals surface area contributed by atoms with Gasteiger partial charge in [-0.3, -0.25) is 19.4 Å². The Kier molecular flexibility index (Phi) is 8.74. The lowest BCUT2D eigenvalue weighted by atomic mass is 9.99. The zero-order valence-corrected chi connectivity index (χ0v) is 20.5. The number of pyridine rings is 1. The smallest absolute Gasteiger partial charge is 0.239 e. The zero-order valence-electron chi connectivity index (χ0n) is 19.7. The van der Waals surface area contributed by atoms with Crippen LogP contribution in [0.2, 0.25) is 5.02 Å². The second kappa shape index (κ2) is 11.5. The number of hydrogen-bond donors (Lipinski definition) is 2. The molecule has 1 atom stereocenters. The van der Waals surface area contributed by atoms with Crippen molar-refractivity contribution >= 4 is 40.5 Å². The van der Waals surface area contributed by atoms with Crippen LogP contribution >= 0.6 is 11.6 Å². The topological polar surface area (TPSA) is 95.0 Å². The highest BCUT2D eigenvalue weighted by Crippen LogP contribution is 2.22. The maximum Gasteiger partial charge on any atom is 0.239 e. The third kappa shape index (κ3) is 7.43. The number of hydrogen-bond acceptors (Lipinski definition) is 6. The van der Waals surface area contributed by atoms with E-state index in [1.54, 1.807) is 32.0 Å². The fourth-order valence-corrected chi connectivity index (χ4v) is 3.85. The summed E-state index contributed by atoms with van der Waals surface area (Å²) in [6.07, 6.45) is 2.04. The average molecular weight is 503 g/mol. The summed E-state index contributed by atoms with van der Waals surface area (Å²) in [4.78, 5) is 34.2. The number of amides is 2. The lowest BCUT2D eigenvalue weighted by molar-refractivity contribution is -0.139. The van der Waals surface area contributed by atoms with Crippen LogP contribution in [0.15, 0.2) is 54.7 Å². The minimum absolute atomic E-state index is 0.124. The first-order chi connectivity index (χ1) is 16.6. The molecule has 35 heavy (non-hydrogen) atoms. The van der Waals surface area contributed by atoms with E-state index in [4.69, 9.17) is 16.4 Å². The van der Waals surface area contributed by atoms with Crippen LogP contribution in [0, 0.1) is 5.82 Å². The van der Waals surface area contributed by atoms with E-state index in [9.17, 15) is 19.1 Å². The van der Waals surface area contributed by atoms with Gasteiger partial charge in [-0.25, -0.2) is 14.8 Å². The zero-order chi connectivity index (χ0) is 25.6.